The summed E-state index contributed by atoms with van der Waals surface area (Å²) >= 11 is 0. The second-order valence-corrected chi connectivity index (χ2v) is 10.5. The Balaban J connectivity index is 1.51. The van der Waals surface area contributed by atoms with E-state index in [9.17, 15) is 22.0 Å². The summed E-state index contributed by atoms with van der Waals surface area (Å²) in [6.45, 7) is 2.50. The van der Waals surface area contributed by atoms with E-state index in [1.54, 1.807) is 0 Å². The fraction of sp³-hybridized carbons (Fsp3) is 0.375. The molecule has 1 aliphatic heterocycles. The van der Waals surface area contributed by atoms with Crippen molar-refractivity contribution < 1.29 is 22.0 Å². The highest BCUT2D eigenvalue weighted by Crippen LogP contribution is 2.42. The van der Waals surface area contributed by atoms with E-state index in [0.29, 0.717) is 24.3 Å². The average Bonchev–Trinajstić information content (AvgIpc) is 3.04. The van der Waals surface area contributed by atoms with Crippen molar-refractivity contribution >= 4 is 11.1 Å². The smallest absolute Gasteiger partial charge is 0.303 e. The molecule has 3 aromatic rings. The average molecular weight is 526 g/mol. The van der Waals surface area contributed by atoms with E-state index >= 15 is 0 Å². The SMILES string of the molecule is FCCCN1CC(Cc2ccc(C3=C(c4ccc(F)cc4CC(F)(F)F)CCCc4ccccc43)cc2)C1. The Bertz CT molecular complexity index is 1290. The van der Waals surface area contributed by atoms with Crippen molar-refractivity contribution in [2.45, 2.75) is 44.7 Å². The van der Waals surface area contributed by atoms with Crippen LogP contribution in [0.4, 0.5) is 22.0 Å². The van der Waals surface area contributed by atoms with Crippen LogP contribution in [0.3, 0.4) is 0 Å². The van der Waals surface area contributed by atoms with Crippen LogP contribution in [0.1, 0.15) is 52.6 Å². The zero-order valence-electron chi connectivity index (χ0n) is 21.3. The summed E-state index contributed by atoms with van der Waals surface area (Å²) in [5, 5.41) is 0. The Morgan fingerprint density at radius 3 is 2.37 bits per heavy atom. The minimum atomic E-state index is -4.43. The summed E-state index contributed by atoms with van der Waals surface area (Å²) in [5.74, 6) is -0.106. The van der Waals surface area contributed by atoms with Gasteiger partial charge in [-0.1, -0.05) is 54.6 Å². The number of allylic oxidation sites excluding steroid dienone is 1. The van der Waals surface area contributed by atoms with Gasteiger partial charge in [0.1, 0.15) is 5.82 Å². The van der Waals surface area contributed by atoms with Gasteiger partial charge in [0.15, 0.2) is 0 Å². The van der Waals surface area contributed by atoms with E-state index < -0.39 is 18.4 Å². The maximum absolute atomic E-state index is 14.1. The first kappa shape index (κ1) is 26.6. The van der Waals surface area contributed by atoms with Crippen LogP contribution in [-0.2, 0) is 19.3 Å². The first-order valence-corrected chi connectivity index (χ1v) is 13.4. The van der Waals surface area contributed by atoms with Crippen LogP contribution < -0.4 is 0 Å². The highest BCUT2D eigenvalue weighted by atomic mass is 19.4. The first-order valence-electron chi connectivity index (χ1n) is 13.4. The van der Waals surface area contributed by atoms with Gasteiger partial charge >= 0.3 is 6.18 Å². The molecule has 200 valence electrons. The second-order valence-electron chi connectivity index (χ2n) is 10.5. The van der Waals surface area contributed by atoms with Gasteiger partial charge in [-0.25, -0.2) is 4.39 Å². The highest BCUT2D eigenvalue weighted by molar-refractivity contribution is 6.00. The van der Waals surface area contributed by atoms with Crippen molar-refractivity contribution in [2.75, 3.05) is 26.3 Å². The van der Waals surface area contributed by atoms with E-state index in [0.717, 1.165) is 67.2 Å². The largest absolute Gasteiger partial charge is 0.393 e. The summed E-state index contributed by atoms with van der Waals surface area (Å²) in [7, 11) is 0. The van der Waals surface area contributed by atoms with Gasteiger partial charge in [-0.15, -0.1) is 0 Å². The highest BCUT2D eigenvalue weighted by Gasteiger charge is 2.31. The van der Waals surface area contributed by atoms with Gasteiger partial charge in [0.2, 0.25) is 0 Å². The van der Waals surface area contributed by atoms with Gasteiger partial charge in [-0.3, -0.25) is 4.39 Å². The third-order valence-electron chi connectivity index (χ3n) is 7.65. The molecule has 2 aliphatic rings. The quantitative estimate of drug-likeness (QED) is 0.269. The molecule has 1 aliphatic carbocycles. The molecule has 0 spiro atoms. The molecule has 0 unspecified atom stereocenters. The maximum atomic E-state index is 14.1. The van der Waals surface area contributed by atoms with Gasteiger partial charge in [-0.05, 0) is 94.7 Å². The van der Waals surface area contributed by atoms with Crippen molar-refractivity contribution in [3.8, 4) is 0 Å². The summed E-state index contributed by atoms with van der Waals surface area (Å²) in [6.07, 6.45) is -1.83. The normalized spacial score (nSPS) is 16.8. The van der Waals surface area contributed by atoms with Gasteiger partial charge in [0.05, 0.1) is 13.1 Å². The minimum absolute atomic E-state index is 0.0247. The topological polar surface area (TPSA) is 3.24 Å². The van der Waals surface area contributed by atoms with Crippen molar-refractivity contribution in [1.82, 2.24) is 4.90 Å². The number of benzene rings is 3. The number of rotatable bonds is 8. The van der Waals surface area contributed by atoms with E-state index in [4.69, 9.17) is 0 Å². The predicted octanol–water partition coefficient (Wildman–Crippen LogP) is 8.06. The molecule has 0 bridgehead atoms. The second kappa shape index (κ2) is 11.4. The number of fused-ring (bicyclic) bond motifs is 1. The lowest BCUT2D eigenvalue weighted by atomic mass is 9.85. The Morgan fingerprint density at radius 2 is 1.63 bits per heavy atom. The Hall–Kier alpha value is -2.99. The Labute approximate surface area is 221 Å². The molecule has 5 rings (SSSR count). The summed E-state index contributed by atoms with van der Waals surface area (Å²) in [4.78, 5) is 2.28. The van der Waals surface area contributed by atoms with Gasteiger partial charge in [-0.2, -0.15) is 13.2 Å². The lowest BCUT2D eigenvalue weighted by Crippen LogP contribution is -2.47. The summed E-state index contributed by atoms with van der Waals surface area (Å²) in [5.41, 5.74) is 6.59. The maximum Gasteiger partial charge on any atom is 0.393 e. The molecular weight excluding hydrogens is 493 g/mol. The van der Waals surface area contributed by atoms with Crippen LogP contribution in [0, 0.1) is 11.7 Å². The number of hydrogen-bond acceptors (Lipinski definition) is 1. The molecule has 0 atom stereocenters. The van der Waals surface area contributed by atoms with Crippen LogP contribution in [-0.4, -0.2) is 37.4 Å². The van der Waals surface area contributed by atoms with Crippen LogP contribution >= 0.6 is 0 Å². The number of likely N-dealkylation sites (tertiary alicyclic amines) is 1. The Kier molecular flexibility index (Phi) is 7.98. The minimum Gasteiger partial charge on any atom is -0.303 e. The standard InChI is InChI=1S/C32H32F5N/c33-15-4-16-38-20-23(21-38)17-22-9-11-25(12-10-22)31-29-7-2-1-5-24(29)6-3-8-30(31)28-14-13-27(34)18-26(28)19-32(35,36)37/h1-2,5,7,9-14,18,23H,3-4,6,8,15-17,19-21H2. The zero-order valence-corrected chi connectivity index (χ0v) is 21.3. The summed E-state index contributed by atoms with van der Waals surface area (Å²) < 4.78 is 66.9. The molecule has 0 radical (unpaired) electrons. The molecule has 3 aromatic carbocycles. The fourth-order valence-electron chi connectivity index (χ4n) is 5.96. The first-order chi connectivity index (χ1) is 18.3. The van der Waals surface area contributed by atoms with E-state index in [1.807, 2.05) is 18.2 Å². The number of halogens is 5. The molecule has 0 saturated carbocycles. The Morgan fingerprint density at radius 1 is 0.868 bits per heavy atom. The molecule has 0 aromatic heterocycles. The van der Waals surface area contributed by atoms with Gasteiger partial charge in [0, 0.05) is 19.6 Å². The molecule has 1 heterocycles. The predicted molar refractivity (Wildman–Crippen MR) is 142 cm³/mol. The van der Waals surface area contributed by atoms with E-state index in [-0.39, 0.29) is 12.2 Å². The van der Waals surface area contributed by atoms with E-state index in [2.05, 4.69) is 35.2 Å². The van der Waals surface area contributed by atoms with Crippen molar-refractivity contribution in [3.05, 3.63) is 106 Å². The summed E-state index contributed by atoms with van der Waals surface area (Å²) in [6, 6.07) is 20.2. The molecule has 6 heteroatoms. The molecule has 0 N–H and O–H groups in total. The molecule has 38 heavy (non-hydrogen) atoms. The number of aryl methyl sites for hydroxylation is 1. The monoisotopic (exact) mass is 525 g/mol. The molecule has 1 nitrogen and oxygen atoms in total. The van der Waals surface area contributed by atoms with Crippen LogP contribution in [0.2, 0.25) is 0 Å². The van der Waals surface area contributed by atoms with E-state index in [1.165, 1.54) is 23.3 Å². The lowest BCUT2D eigenvalue weighted by molar-refractivity contribution is -0.127. The molecule has 0 amide bonds. The van der Waals surface area contributed by atoms with Crippen molar-refractivity contribution in [3.63, 3.8) is 0 Å². The molecule has 1 saturated heterocycles. The third-order valence-corrected chi connectivity index (χ3v) is 7.65. The number of hydrogen-bond donors (Lipinski definition) is 0. The molecular formula is C32H32F5N. The molecule has 1 fully saturated rings. The van der Waals surface area contributed by atoms with Crippen molar-refractivity contribution in [1.29, 1.82) is 0 Å². The van der Waals surface area contributed by atoms with Gasteiger partial charge in [0.25, 0.3) is 0 Å². The van der Waals surface area contributed by atoms with Crippen LogP contribution in [0.25, 0.3) is 11.1 Å². The van der Waals surface area contributed by atoms with Crippen molar-refractivity contribution in [2.24, 2.45) is 5.92 Å². The fourth-order valence-corrected chi connectivity index (χ4v) is 5.96. The zero-order chi connectivity index (χ0) is 26.7. The lowest BCUT2D eigenvalue weighted by Gasteiger charge is -2.39. The van der Waals surface area contributed by atoms with Gasteiger partial charge < -0.3 is 4.90 Å². The van der Waals surface area contributed by atoms with Crippen LogP contribution in [0.15, 0.2) is 66.7 Å². The van der Waals surface area contributed by atoms with Crippen LogP contribution in [0.5, 0.6) is 0 Å². The number of nitrogens with zero attached hydrogens (tertiary/aromatic N) is 1. The number of alkyl halides is 4. The third kappa shape index (κ3) is 6.17.